The van der Waals surface area contributed by atoms with E-state index in [1.165, 1.54) is 0 Å². The molecule has 0 aromatic carbocycles. The van der Waals surface area contributed by atoms with E-state index >= 15 is 0 Å². The predicted molar refractivity (Wildman–Crippen MR) is 53.8 cm³/mol. The number of aromatic nitrogens is 3. The van der Waals surface area contributed by atoms with E-state index in [-0.39, 0.29) is 0 Å². The zero-order chi connectivity index (χ0) is 10.4. The molecule has 0 spiro atoms. The number of nitrogens with one attached hydrogen (secondary N) is 1. The lowest BCUT2D eigenvalue weighted by Crippen LogP contribution is -2.32. The second-order valence-electron chi connectivity index (χ2n) is 3.28. The maximum absolute atomic E-state index is 5.08. The molecule has 0 saturated carbocycles. The predicted octanol–water partition coefficient (Wildman–Crippen LogP) is 0.330. The normalized spacial score (nSPS) is 13.1. The van der Waals surface area contributed by atoms with Crippen LogP contribution in [0.1, 0.15) is 19.2 Å². The fraction of sp³-hybridized carbons (Fsp3) is 0.778. The van der Waals surface area contributed by atoms with Gasteiger partial charge in [0.1, 0.15) is 6.33 Å². The molecular weight excluding hydrogens is 180 g/mol. The van der Waals surface area contributed by atoms with Crippen LogP contribution in [0.3, 0.4) is 0 Å². The number of ether oxygens (including phenoxy) is 1. The van der Waals surface area contributed by atoms with Crippen LogP contribution in [0.25, 0.3) is 0 Å². The summed E-state index contributed by atoms with van der Waals surface area (Å²) in [7, 11) is 3.58. The molecule has 0 radical (unpaired) electrons. The molecule has 5 nitrogen and oxygen atoms in total. The number of hydrogen-bond donors (Lipinski definition) is 1. The fourth-order valence-electron chi connectivity index (χ4n) is 1.22. The van der Waals surface area contributed by atoms with Gasteiger partial charge in [-0.25, -0.2) is 4.98 Å². The van der Waals surface area contributed by atoms with Gasteiger partial charge in [-0.1, -0.05) is 6.92 Å². The lowest BCUT2D eigenvalue weighted by atomic mass is 10.2. The Kier molecular flexibility index (Phi) is 4.55. The highest BCUT2D eigenvalue weighted by molar-refractivity contribution is 4.81. The first-order valence-electron chi connectivity index (χ1n) is 4.83. The molecule has 1 rings (SSSR count). The van der Waals surface area contributed by atoms with Crippen molar-refractivity contribution in [1.82, 2.24) is 20.1 Å². The third-order valence-corrected chi connectivity index (χ3v) is 2.06. The Labute approximate surface area is 84.5 Å². The van der Waals surface area contributed by atoms with Gasteiger partial charge in [0.05, 0.1) is 13.2 Å². The van der Waals surface area contributed by atoms with Crippen LogP contribution in [0.5, 0.6) is 0 Å². The Hall–Kier alpha value is -0.940. The summed E-state index contributed by atoms with van der Waals surface area (Å²) in [6, 6.07) is 0.379. The highest BCUT2D eigenvalue weighted by Crippen LogP contribution is 1.94. The third kappa shape index (κ3) is 3.43. The lowest BCUT2D eigenvalue weighted by Gasteiger charge is -2.14. The minimum Gasteiger partial charge on any atom is -0.383 e. The standard InChI is InChI=1S/C9H18N4O/c1-4-8(6-14-3)10-5-9-11-7-13(2)12-9/h7-8,10H,4-6H2,1-3H3. The summed E-state index contributed by atoms with van der Waals surface area (Å²) < 4.78 is 6.78. The van der Waals surface area contributed by atoms with E-state index in [4.69, 9.17) is 4.74 Å². The molecule has 1 unspecified atom stereocenters. The van der Waals surface area contributed by atoms with Crippen LogP contribution in [-0.4, -0.2) is 34.5 Å². The average Bonchev–Trinajstić information content (AvgIpc) is 2.59. The Morgan fingerprint density at radius 3 is 2.93 bits per heavy atom. The zero-order valence-electron chi connectivity index (χ0n) is 9.03. The summed E-state index contributed by atoms with van der Waals surface area (Å²) >= 11 is 0. The number of methoxy groups -OCH3 is 1. The van der Waals surface area contributed by atoms with E-state index in [9.17, 15) is 0 Å². The highest BCUT2D eigenvalue weighted by Gasteiger charge is 2.06. The van der Waals surface area contributed by atoms with Crippen LogP contribution in [0.15, 0.2) is 6.33 Å². The van der Waals surface area contributed by atoms with Gasteiger partial charge in [-0.3, -0.25) is 4.68 Å². The zero-order valence-corrected chi connectivity index (χ0v) is 9.03. The van der Waals surface area contributed by atoms with Gasteiger partial charge in [-0.15, -0.1) is 0 Å². The second-order valence-corrected chi connectivity index (χ2v) is 3.28. The van der Waals surface area contributed by atoms with E-state index in [0.29, 0.717) is 12.6 Å². The molecule has 0 saturated heterocycles. The lowest BCUT2D eigenvalue weighted by molar-refractivity contribution is 0.163. The first-order valence-corrected chi connectivity index (χ1v) is 4.83. The summed E-state index contributed by atoms with van der Waals surface area (Å²) in [5.41, 5.74) is 0. The maximum atomic E-state index is 5.08. The Morgan fingerprint density at radius 2 is 2.43 bits per heavy atom. The Morgan fingerprint density at radius 1 is 1.64 bits per heavy atom. The third-order valence-electron chi connectivity index (χ3n) is 2.06. The molecule has 1 aromatic heterocycles. The molecule has 14 heavy (non-hydrogen) atoms. The number of hydrogen-bond acceptors (Lipinski definition) is 4. The van der Waals surface area contributed by atoms with E-state index in [1.54, 1.807) is 18.1 Å². The minimum absolute atomic E-state index is 0.379. The summed E-state index contributed by atoms with van der Waals surface area (Å²) in [5.74, 6) is 0.821. The number of rotatable bonds is 6. The van der Waals surface area contributed by atoms with Gasteiger partial charge in [0.2, 0.25) is 0 Å². The van der Waals surface area contributed by atoms with Crippen molar-refractivity contribution in [1.29, 1.82) is 0 Å². The summed E-state index contributed by atoms with van der Waals surface area (Å²) in [6.45, 7) is 3.55. The minimum atomic E-state index is 0.379. The van der Waals surface area contributed by atoms with Crippen LogP contribution >= 0.6 is 0 Å². The highest BCUT2D eigenvalue weighted by atomic mass is 16.5. The van der Waals surface area contributed by atoms with Crippen LogP contribution in [0, 0.1) is 0 Å². The van der Waals surface area contributed by atoms with E-state index in [2.05, 4.69) is 22.3 Å². The monoisotopic (exact) mass is 198 g/mol. The van der Waals surface area contributed by atoms with Crippen molar-refractivity contribution in [3.05, 3.63) is 12.2 Å². The van der Waals surface area contributed by atoms with Crippen molar-refractivity contribution in [2.75, 3.05) is 13.7 Å². The maximum Gasteiger partial charge on any atom is 0.164 e. The molecule has 1 atom stereocenters. The number of aryl methyl sites for hydroxylation is 1. The van der Waals surface area contributed by atoms with Crippen molar-refractivity contribution in [2.45, 2.75) is 25.9 Å². The quantitative estimate of drug-likeness (QED) is 0.715. The summed E-state index contributed by atoms with van der Waals surface area (Å²) in [4.78, 5) is 4.13. The smallest absolute Gasteiger partial charge is 0.164 e. The SMILES string of the molecule is CCC(COC)NCc1ncn(C)n1. The fourth-order valence-corrected chi connectivity index (χ4v) is 1.22. The second kappa shape index (κ2) is 5.72. The molecule has 0 bridgehead atoms. The van der Waals surface area contributed by atoms with Crippen molar-refractivity contribution >= 4 is 0 Å². The molecule has 0 amide bonds. The van der Waals surface area contributed by atoms with Gasteiger partial charge in [-0.05, 0) is 6.42 Å². The molecule has 0 fully saturated rings. The van der Waals surface area contributed by atoms with Gasteiger partial charge in [0.25, 0.3) is 0 Å². The van der Waals surface area contributed by atoms with Crippen LogP contribution in [0.4, 0.5) is 0 Å². The largest absolute Gasteiger partial charge is 0.383 e. The average molecular weight is 198 g/mol. The van der Waals surface area contributed by atoms with E-state index in [0.717, 1.165) is 18.9 Å². The molecule has 0 aliphatic carbocycles. The van der Waals surface area contributed by atoms with Gasteiger partial charge in [-0.2, -0.15) is 5.10 Å². The topological polar surface area (TPSA) is 52.0 Å². The molecule has 80 valence electrons. The van der Waals surface area contributed by atoms with E-state index in [1.807, 2.05) is 7.05 Å². The van der Waals surface area contributed by atoms with Gasteiger partial charge in [0, 0.05) is 20.2 Å². The van der Waals surface area contributed by atoms with Gasteiger partial charge in [0.15, 0.2) is 5.82 Å². The molecule has 1 heterocycles. The van der Waals surface area contributed by atoms with Crippen LogP contribution in [0.2, 0.25) is 0 Å². The van der Waals surface area contributed by atoms with Crippen molar-refractivity contribution in [3.63, 3.8) is 0 Å². The molecule has 5 heteroatoms. The molecule has 1 aromatic rings. The molecule has 0 aliphatic heterocycles. The van der Waals surface area contributed by atoms with Gasteiger partial charge >= 0.3 is 0 Å². The first-order chi connectivity index (χ1) is 6.76. The van der Waals surface area contributed by atoms with Crippen molar-refractivity contribution in [2.24, 2.45) is 7.05 Å². The van der Waals surface area contributed by atoms with Crippen molar-refractivity contribution in [3.8, 4) is 0 Å². The van der Waals surface area contributed by atoms with Crippen LogP contribution in [-0.2, 0) is 18.3 Å². The van der Waals surface area contributed by atoms with Crippen molar-refractivity contribution < 1.29 is 4.74 Å². The van der Waals surface area contributed by atoms with Gasteiger partial charge < -0.3 is 10.1 Å². The summed E-state index contributed by atoms with van der Waals surface area (Å²) in [6.07, 6.45) is 2.74. The molecule has 1 N–H and O–H groups in total. The van der Waals surface area contributed by atoms with E-state index < -0.39 is 0 Å². The first kappa shape index (κ1) is 11.1. The summed E-state index contributed by atoms with van der Waals surface area (Å²) in [5, 5.41) is 7.52. The molecular formula is C9H18N4O. The molecule has 0 aliphatic rings. The Bertz CT molecular complexity index is 261. The Balaban J connectivity index is 2.31. The number of nitrogens with zero attached hydrogens (tertiary/aromatic N) is 3. The van der Waals surface area contributed by atoms with Crippen LogP contribution < -0.4 is 5.32 Å².